The molecule has 7 heteroatoms. The van der Waals surface area contributed by atoms with Gasteiger partial charge >= 0.3 is 0 Å². The summed E-state index contributed by atoms with van der Waals surface area (Å²) in [6.07, 6.45) is 1.74. The number of anilines is 1. The molecule has 1 aromatic carbocycles. The van der Waals surface area contributed by atoms with Crippen molar-refractivity contribution in [3.05, 3.63) is 48.2 Å². The topological polar surface area (TPSA) is 107 Å². The van der Waals surface area contributed by atoms with E-state index in [0.717, 1.165) is 5.39 Å². The Morgan fingerprint density at radius 3 is 3.00 bits per heavy atom. The van der Waals surface area contributed by atoms with E-state index in [2.05, 4.69) is 25.0 Å². The molecule has 0 aliphatic heterocycles. The van der Waals surface area contributed by atoms with E-state index in [4.69, 9.17) is 5.73 Å². The smallest absolute Gasteiger partial charge is 0.269 e. The zero-order valence-corrected chi connectivity index (χ0v) is 11.1. The van der Waals surface area contributed by atoms with Gasteiger partial charge in [0.25, 0.3) is 5.91 Å². The van der Waals surface area contributed by atoms with Gasteiger partial charge in [-0.05, 0) is 12.1 Å². The summed E-state index contributed by atoms with van der Waals surface area (Å²) in [5, 5.41) is 7.25. The molecule has 0 bridgehead atoms. The number of carbonyl (C=O) groups is 1. The second-order valence-corrected chi connectivity index (χ2v) is 4.47. The fraction of sp³-hybridized carbons (Fsp3) is 0.143. The highest BCUT2D eigenvalue weighted by atomic mass is 16.5. The average Bonchev–Trinajstić information content (AvgIpc) is 3.00. The summed E-state index contributed by atoms with van der Waals surface area (Å²) >= 11 is 0. The van der Waals surface area contributed by atoms with Gasteiger partial charge in [0.15, 0.2) is 5.82 Å². The number of para-hydroxylation sites is 1. The predicted molar refractivity (Wildman–Crippen MR) is 76.5 cm³/mol. The molecule has 2 heterocycles. The summed E-state index contributed by atoms with van der Waals surface area (Å²) in [5.74, 6) is 0.261. The molecule has 0 atom stereocenters. The van der Waals surface area contributed by atoms with Gasteiger partial charge in [-0.1, -0.05) is 23.4 Å². The highest BCUT2D eigenvalue weighted by Crippen LogP contribution is 2.19. The minimum absolute atomic E-state index is 0.282. The van der Waals surface area contributed by atoms with E-state index in [1.165, 1.54) is 6.39 Å². The Morgan fingerprint density at radius 2 is 2.19 bits per heavy atom. The Labute approximate surface area is 120 Å². The number of pyridine rings is 1. The number of nitrogen functional groups attached to an aromatic ring is 1. The number of hydrogen-bond acceptors (Lipinski definition) is 6. The summed E-state index contributed by atoms with van der Waals surface area (Å²) < 4.78 is 4.62. The van der Waals surface area contributed by atoms with Crippen LogP contribution < -0.4 is 11.1 Å². The normalized spacial score (nSPS) is 10.7. The van der Waals surface area contributed by atoms with Crippen LogP contribution in [0.1, 0.15) is 16.3 Å². The Hall–Kier alpha value is -2.96. The van der Waals surface area contributed by atoms with Crippen LogP contribution in [0, 0.1) is 0 Å². The summed E-state index contributed by atoms with van der Waals surface area (Å²) in [6, 6.07) is 9.00. The van der Waals surface area contributed by atoms with Crippen molar-refractivity contribution in [1.29, 1.82) is 0 Å². The predicted octanol–water partition coefficient (Wildman–Crippen LogP) is 1.17. The Balaban J connectivity index is 1.72. The molecule has 7 nitrogen and oxygen atoms in total. The van der Waals surface area contributed by atoms with E-state index in [1.807, 2.05) is 24.3 Å². The number of fused-ring (bicyclic) bond motifs is 1. The molecule has 3 rings (SSSR count). The Bertz CT molecular complexity index is 770. The van der Waals surface area contributed by atoms with Gasteiger partial charge in [0.2, 0.25) is 6.39 Å². The fourth-order valence-corrected chi connectivity index (χ4v) is 2.00. The standard InChI is InChI=1S/C14H13N5O2/c15-10-7-12(18-11-4-2-1-3-9(10)11)14(20)16-6-5-13-17-8-21-19-13/h1-4,7-8H,5-6H2,(H2,15,18)(H,16,20). The van der Waals surface area contributed by atoms with Crippen LogP contribution in [-0.2, 0) is 6.42 Å². The summed E-state index contributed by atoms with van der Waals surface area (Å²) in [7, 11) is 0. The number of nitrogens with zero attached hydrogens (tertiary/aromatic N) is 3. The highest BCUT2D eigenvalue weighted by Gasteiger charge is 2.10. The van der Waals surface area contributed by atoms with Crippen LogP contribution in [0.3, 0.4) is 0 Å². The monoisotopic (exact) mass is 283 g/mol. The van der Waals surface area contributed by atoms with Gasteiger partial charge in [0.1, 0.15) is 5.69 Å². The average molecular weight is 283 g/mol. The largest absolute Gasteiger partial charge is 0.398 e. The first-order chi connectivity index (χ1) is 10.2. The summed E-state index contributed by atoms with van der Waals surface area (Å²) in [6.45, 7) is 0.396. The van der Waals surface area contributed by atoms with E-state index in [-0.39, 0.29) is 5.91 Å². The molecule has 0 aliphatic carbocycles. The Kier molecular flexibility index (Phi) is 3.46. The SMILES string of the molecule is Nc1cc(C(=O)NCCc2ncon2)nc2ccccc12. The lowest BCUT2D eigenvalue weighted by molar-refractivity contribution is 0.0949. The molecule has 0 aliphatic rings. The molecule has 21 heavy (non-hydrogen) atoms. The van der Waals surface area contributed by atoms with Gasteiger partial charge in [-0.3, -0.25) is 4.79 Å². The molecule has 0 fully saturated rings. The number of rotatable bonds is 4. The molecule has 0 radical (unpaired) electrons. The van der Waals surface area contributed by atoms with Crippen LogP contribution in [0.15, 0.2) is 41.2 Å². The van der Waals surface area contributed by atoms with E-state index in [1.54, 1.807) is 6.07 Å². The van der Waals surface area contributed by atoms with Crippen molar-refractivity contribution in [3.8, 4) is 0 Å². The van der Waals surface area contributed by atoms with Gasteiger partial charge in [0.05, 0.1) is 5.52 Å². The molecular formula is C14H13N5O2. The molecule has 0 saturated heterocycles. The third kappa shape index (κ3) is 2.81. The van der Waals surface area contributed by atoms with Crippen LogP contribution in [0.4, 0.5) is 5.69 Å². The first-order valence-corrected chi connectivity index (χ1v) is 6.43. The van der Waals surface area contributed by atoms with Crippen LogP contribution in [0.5, 0.6) is 0 Å². The van der Waals surface area contributed by atoms with Gasteiger partial charge < -0.3 is 15.6 Å². The van der Waals surface area contributed by atoms with Crippen molar-refractivity contribution < 1.29 is 9.32 Å². The second-order valence-electron chi connectivity index (χ2n) is 4.47. The number of nitrogens with two attached hydrogens (primary N) is 1. The van der Waals surface area contributed by atoms with Crippen LogP contribution in [0.25, 0.3) is 10.9 Å². The number of amides is 1. The first kappa shape index (κ1) is 13.0. The third-order valence-corrected chi connectivity index (χ3v) is 3.02. The van der Waals surface area contributed by atoms with Gasteiger partial charge in [-0.25, -0.2) is 4.98 Å². The lowest BCUT2D eigenvalue weighted by Crippen LogP contribution is -2.27. The molecule has 0 saturated carbocycles. The fourth-order valence-electron chi connectivity index (χ4n) is 2.00. The number of aromatic nitrogens is 3. The molecular weight excluding hydrogens is 270 g/mol. The van der Waals surface area contributed by atoms with Gasteiger partial charge in [-0.2, -0.15) is 4.98 Å². The molecule has 3 aromatic rings. The van der Waals surface area contributed by atoms with Gasteiger partial charge in [-0.15, -0.1) is 0 Å². The lowest BCUT2D eigenvalue weighted by atomic mass is 10.1. The van der Waals surface area contributed by atoms with E-state index >= 15 is 0 Å². The van der Waals surface area contributed by atoms with Crippen molar-refractivity contribution in [2.45, 2.75) is 6.42 Å². The minimum Gasteiger partial charge on any atom is -0.398 e. The molecule has 0 spiro atoms. The van der Waals surface area contributed by atoms with E-state index in [0.29, 0.717) is 35.7 Å². The molecule has 106 valence electrons. The molecule has 3 N–H and O–H groups in total. The zero-order valence-electron chi connectivity index (χ0n) is 11.1. The maximum atomic E-state index is 12.1. The second kappa shape index (κ2) is 5.58. The maximum absolute atomic E-state index is 12.1. The number of carbonyl (C=O) groups excluding carboxylic acids is 1. The van der Waals surface area contributed by atoms with Gasteiger partial charge in [0, 0.05) is 24.0 Å². The molecule has 1 amide bonds. The highest BCUT2D eigenvalue weighted by molar-refractivity contribution is 5.99. The van der Waals surface area contributed by atoms with Crippen molar-refractivity contribution in [2.75, 3.05) is 12.3 Å². The zero-order chi connectivity index (χ0) is 14.7. The van der Waals surface area contributed by atoms with Crippen LogP contribution in [0.2, 0.25) is 0 Å². The molecule has 2 aromatic heterocycles. The first-order valence-electron chi connectivity index (χ1n) is 6.43. The lowest BCUT2D eigenvalue weighted by Gasteiger charge is -2.06. The van der Waals surface area contributed by atoms with E-state index < -0.39 is 0 Å². The van der Waals surface area contributed by atoms with Crippen molar-refractivity contribution >= 4 is 22.5 Å². The van der Waals surface area contributed by atoms with Crippen molar-refractivity contribution in [1.82, 2.24) is 20.4 Å². The van der Waals surface area contributed by atoms with E-state index in [9.17, 15) is 4.79 Å². The summed E-state index contributed by atoms with van der Waals surface area (Å²) in [5.41, 5.74) is 7.47. The van der Waals surface area contributed by atoms with Crippen LogP contribution >= 0.6 is 0 Å². The number of nitrogens with one attached hydrogen (secondary N) is 1. The summed E-state index contributed by atoms with van der Waals surface area (Å²) in [4.78, 5) is 20.3. The quantitative estimate of drug-likeness (QED) is 0.744. The molecule has 0 unspecified atom stereocenters. The van der Waals surface area contributed by atoms with Crippen molar-refractivity contribution in [2.24, 2.45) is 0 Å². The minimum atomic E-state index is -0.282. The maximum Gasteiger partial charge on any atom is 0.269 e. The van der Waals surface area contributed by atoms with Crippen molar-refractivity contribution in [3.63, 3.8) is 0 Å². The third-order valence-electron chi connectivity index (χ3n) is 3.02. The van der Waals surface area contributed by atoms with Crippen LogP contribution in [-0.4, -0.2) is 27.6 Å². The number of hydrogen-bond donors (Lipinski definition) is 2. The number of benzene rings is 1. The Morgan fingerprint density at radius 1 is 1.33 bits per heavy atom.